The largest absolute Gasteiger partial charge is 0.348 e. The van der Waals surface area contributed by atoms with Gasteiger partial charge in [0.1, 0.15) is 0 Å². The number of rotatable bonds is 5. The third kappa shape index (κ3) is 3.69. The highest BCUT2D eigenvalue weighted by Crippen LogP contribution is 2.29. The van der Waals surface area contributed by atoms with E-state index in [1.165, 1.54) is 35.9 Å². The van der Waals surface area contributed by atoms with Crippen molar-refractivity contribution in [1.29, 1.82) is 0 Å². The summed E-state index contributed by atoms with van der Waals surface area (Å²) in [7, 11) is 0. The summed E-state index contributed by atoms with van der Waals surface area (Å²) < 4.78 is 0. The van der Waals surface area contributed by atoms with Crippen LogP contribution in [-0.4, -0.2) is 24.6 Å². The second-order valence-electron chi connectivity index (χ2n) is 5.64. The van der Waals surface area contributed by atoms with E-state index >= 15 is 0 Å². The zero-order valence-electron chi connectivity index (χ0n) is 11.8. The molecule has 0 aliphatic carbocycles. The molecule has 0 spiro atoms. The fraction of sp³-hybridized carbons (Fsp3) is 0.786. The average molecular weight is 267 g/mol. The minimum Gasteiger partial charge on any atom is -0.348 e. The molecule has 2 heterocycles. The predicted molar refractivity (Wildman–Crippen MR) is 79.3 cm³/mol. The molecule has 1 fully saturated rings. The molecule has 1 aliphatic rings. The molecule has 18 heavy (non-hydrogen) atoms. The highest BCUT2D eigenvalue weighted by molar-refractivity contribution is 7.15. The van der Waals surface area contributed by atoms with Crippen LogP contribution < -0.4 is 10.2 Å². The van der Waals surface area contributed by atoms with Crippen LogP contribution in [0.2, 0.25) is 0 Å². The van der Waals surface area contributed by atoms with Crippen molar-refractivity contribution in [3.05, 3.63) is 11.1 Å². The first-order valence-corrected chi connectivity index (χ1v) is 7.91. The van der Waals surface area contributed by atoms with Gasteiger partial charge in [-0.25, -0.2) is 4.98 Å². The maximum atomic E-state index is 4.59. The van der Waals surface area contributed by atoms with Crippen molar-refractivity contribution < 1.29 is 0 Å². The molecule has 1 N–H and O–H groups in total. The Morgan fingerprint density at radius 2 is 2.11 bits per heavy atom. The summed E-state index contributed by atoms with van der Waals surface area (Å²) in [5.41, 5.74) is 0. The summed E-state index contributed by atoms with van der Waals surface area (Å²) in [5.74, 6) is 1.58. The number of piperidine rings is 1. The van der Waals surface area contributed by atoms with E-state index in [0.29, 0.717) is 0 Å². The number of nitrogens with one attached hydrogen (secondary N) is 1. The Labute approximate surface area is 115 Å². The molecule has 3 nitrogen and oxygen atoms in total. The summed E-state index contributed by atoms with van der Waals surface area (Å²) in [6.07, 6.45) is 4.58. The van der Waals surface area contributed by atoms with Gasteiger partial charge in [-0.05, 0) is 31.2 Å². The van der Waals surface area contributed by atoms with Gasteiger partial charge < -0.3 is 10.2 Å². The summed E-state index contributed by atoms with van der Waals surface area (Å²) in [6, 6.07) is 0. The van der Waals surface area contributed by atoms with Crippen LogP contribution in [0.4, 0.5) is 5.13 Å². The van der Waals surface area contributed by atoms with Crippen LogP contribution >= 0.6 is 11.3 Å². The summed E-state index contributed by atoms with van der Waals surface area (Å²) >= 11 is 1.85. The van der Waals surface area contributed by atoms with Gasteiger partial charge in [-0.1, -0.05) is 20.8 Å². The van der Waals surface area contributed by atoms with Crippen molar-refractivity contribution in [2.45, 2.75) is 40.2 Å². The first-order valence-electron chi connectivity index (χ1n) is 7.09. The molecule has 1 aromatic heterocycles. The van der Waals surface area contributed by atoms with Crippen LogP contribution in [0, 0.1) is 11.8 Å². The second-order valence-corrected chi connectivity index (χ2v) is 6.73. The van der Waals surface area contributed by atoms with Crippen molar-refractivity contribution in [3.8, 4) is 0 Å². The molecule has 2 atom stereocenters. The first-order chi connectivity index (χ1) is 8.69. The summed E-state index contributed by atoms with van der Waals surface area (Å²) in [6.45, 7) is 11.3. The molecule has 0 aromatic carbocycles. The van der Waals surface area contributed by atoms with Crippen LogP contribution in [0.25, 0.3) is 0 Å². The zero-order chi connectivity index (χ0) is 13.0. The Morgan fingerprint density at radius 1 is 1.39 bits per heavy atom. The summed E-state index contributed by atoms with van der Waals surface area (Å²) in [5, 5.41) is 4.65. The van der Waals surface area contributed by atoms with Gasteiger partial charge in [0.2, 0.25) is 0 Å². The second kappa shape index (κ2) is 6.53. The minimum atomic E-state index is 0.791. The molecule has 102 valence electrons. The molecular formula is C14H25N3S. The molecule has 2 unspecified atom stereocenters. The Balaban J connectivity index is 1.92. The molecule has 0 saturated carbocycles. The van der Waals surface area contributed by atoms with E-state index in [2.05, 4.69) is 36.0 Å². The minimum absolute atomic E-state index is 0.791. The van der Waals surface area contributed by atoms with Crippen LogP contribution in [-0.2, 0) is 6.54 Å². The molecule has 0 amide bonds. The van der Waals surface area contributed by atoms with E-state index in [9.17, 15) is 0 Å². The lowest BCUT2D eigenvalue weighted by Crippen LogP contribution is -2.38. The van der Waals surface area contributed by atoms with Crippen LogP contribution in [0.3, 0.4) is 0 Å². The van der Waals surface area contributed by atoms with Gasteiger partial charge in [0.25, 0.3) is 0 Å². The van der Waals surface area contributed by atoms with Crippen LogP contribution in [0.5, 0.6) is 0 Å². The van der Waals surface area contributed by atoms with Gasteiger partial charge >= 0.3 is 0 Å². The normalized spacial score (nSPS) is 24.5. The fourth-order valence-corrected chi connectivity index (χ4v) is 3.63. The number of nitrogens with zero attached hydrogens (tertiary/aromatic N) is 2. The summed E-state index contributed by atoms with van der Waals surface area (Å²) in [4.78, 5) is 8.41. The van der Waals surface area contributed by atoms with Gasteiger partial charge in [0.05, 0.1) is 0 Å². The highest BCUT2D eigenvalue weighted by Gasteiger charge is 2.23. The van der Waals surface area contributed by atoms with E-state index in [0.717, 1.165) is 24.9 Å². The topological polar surface area (TPSA) is 28.2 Å². The van der Waals surface area contributed by atoms with Crippen molar-refractivity contribution in [1.82, 2.24) is 10.3 Å². The lowest BCUT2D eigenvalue weighted by Gasteiger charge is -2.34. The van der Waals surface area contributed by atoms with Crippen LogP contribution in [0.1, 0.15) is 38.5 Å². The van der Waals surface area contributed by atoms with Crippen molar-refractivity contribution in [2.24, 2.45) is 11.8 Å². The Bertz CT molecular complexity index is 354. The number of hydrogen-bond acceptors (Lipinski definition) is 4. The molecule has 4 heteroatoms. The molecule has 0 radical (unpaired) electrons. The smallest absolute Gasteiger partial charge is 0.185 e. The number of hydrogen-bond donors (Lipinski definition) is 1. The van der Waals surface area contributed by atoms with Crippen molar-refractivity contribution in [2.75, 3.05) is 24.5 Å². The average Bonchev–Trinajstić information content (AvgIpc) is 2.77. The standard InChI is InChI=1S/C14H25N3S/c1-4-5-15-7-13-8-16-14(18-13)17-9-11(2)6-12(3)10-17/h8,11-12,15H,4-7,9-10H2,1-3H3. The number of thiazole rings is 1. The third-order valence-electron chi connectivity index (χ3n) is 3.41. The van der Waals surface area contributed by atoms with Gasteiger partial charge in [0.15, 0.2) is 5.13 Å². The van der Waals surface area contributed by atoms with Crippen molar-refractivity contribution in [3.63, 3.8) is 0 Å². The lowest BCUT2D eigenvalue weighted by molar-refractivity contribution is 0.356. The van der Waals surface area contributed by atoms with Gasteiger partial charge in [0, 0.05) is 30.7 Å². The molecule has 1 saturated heterocycles. The van der Waals surface area contributed by atoms with E-state index in [-0.39, 0.29) is 0 Å². The third-order valence-corrected chi connectivity index (χ3v) is 4.46. The Hall–Kier alpha value is -0.610. The molecule has 1 aromatic rings. The molecule has 0 bridgehead atoms. The quantitative estimate of drug-likeness (QED) is 0.831. The lowest BCUT2D eigenvalue weighted by atomic mass is 9.92. The zero-order valence-corrected chi connectivity index (χ0v) is 12.6. The van der Waals surface area contributed by atoms with E-state index in [1.807, 2.05) is 17.5 Å². The Kier molecular flexibility index (Phi) is 5.01. The number of anilines is 1. The van der Waals surface area contributed by atoms with Crippen molar-refractivity contribution >= 4 is 16.5 Å². The van der Waals surface area contributed by atoms with Gasteiger partial charge in [-0.3, -0.25) is 0 Å². The highest BCUT2D eigenvalue weighted by atomic mass is 32.1. The SMILES string of the molecule is CCCNCc1cnc(N2CC(C)CC(C)C2)s1. The first kappa shape index (κ1) is 13.8. The van der Waals surface area contributed by atoms with E-state index in [1.54, 1.807) is 0 Å². The van der Waals surface area contributed by atoms with Gasteiger partial charge in [-0.15, -0.1) is 11.3 Å². The van der Waals surface area contributed by atoms with E-state index < -0.39 is 0 Å². The maximum Gasteiger partial charge on any atom is 0.185 e. The predicted octanol–water partition coefficient (Wildman–Crippen LogP) is 3.13. The van der Waals surface area contributed by atoms with E-state index in [4.69, 9.17) is 0 Å². The monoisotopic (exact) mass is 267 g/mol. The van der Waals surface area contributed by atoms with Crippen LogP contribution in [0.15, 0.2) is 6.20 Å². The Morgan fingerprint density at radius 3 is 2.78 bits per heavy atom. The molecule has 2 rings (SSSR count). The van der Waals surface area contributed by atoms with Gasteiger partial charge in [-0.2, -0.15) is 0 Å². The molecule has 1 aliphatic heterocycles. The maximum absolute atomic E-state index is 4.59. The molecular weight excluding hydrogens is 242 g/mol. The number of aromatic nitrogens is 1. The fourth-order valence-electron chi connectivity index (χ4n) is 2.73.